The molecular formula is C16H30N2O. The zero-order valence-electron chi connectivity index (χ0n) is 12.4. The van der Waals surface area contributed by atoms with Crippen molar-refractivity contribution in [2.24, 2.45) is 11.1 Å². The summed E-state index contributed by atoms with van der Waals surface area (Å²) in [6.07, 6.45) is 13.0. The molecule has 1 heterocycles. The molecule has 0 amide bonds. The fraction of sp³-hybridized carbons (Fsp3) is 1.00. The van der Waals surface area contributed by atoms with Crippen LogP contribution >= 0.6 is 0 Å². The number of ether oxygens (including phenoxy) is 1. The molecule has 1 spiro atoms. The number of rotatable bonds is 3. The monoisotopic (exact) mass is 266 g/mol. The van der Waals surface area contributed by atoms with Crippen LogP contribution in [0, 0.1) is 5.41 Å². The molecule has 1 saturated heterocycles. The third-order valence-electron chi connectivity index (χ3n) is 6.19. The molecule has 3 unspecified atom stereocenters. The Kier molecular flexibility index (Phi) is 4.16. The first-order chi connectivity index (χ1) is 9.29. The third kappa shape index (κ3) is 2.45. The largest absolute Gasteiger partial charge is 0.381 e. The van der Waals surface area contributed by atoms with Gasteiger partial charge in [0.1, 0.15) is 0 Å². The van der Waals surface area contributed by atoms with E-state index in [0.717, 1.165) is 19.0 Å². The molecule has 0 aromatic rings. The highest BCUT2D eigenvalue weighted by atomic mass is 16.5. The molecule has 0 bridgehead atoms. The summed E-state index contributed by atoms with van der Waals surface area (Å²) in [4.78, 5) is 2.77. The van der Waals surface area contributed by atoms with E-state index in [0.29, 0.717) is 17.6 Å². The van der Waals surface area contributed by atoms with Crippen LogP contribution in [-0.2, 0) is 4.74 Å². The summed E-state index contributed by atoms with van der Waals surface area (Å²) in [5, 5.41) is 0. The first kappa shape index (κ1) is 13.8. The number of hydrogen-bond donors (Lipinski definition) is 1. The maximum atomic E-state index is 6.05. The highest BCUT2D eigenvalue weighted by Gasteiger charge is 2.51. The zero-order chi connectivity index (χ0) is 13.3. The maximum absolute atomic E-state index is 6.05. The molecule has 0 aromatic carbocycles. The molecule has 110 valence electrons. The molecule has 19 heavy (non-hydrogen) atoms. The summed E-state index contributed by atoms with van der Waals surface area (Å²) in [7, 11) is 1.85. The lowest BCUT2D eigenvalue weighted by Gasteiger charge is -2.59. The highest BCUT2D eigenvalue weighted by Crippen LogP contribution is 2.54. The van der Waals surface area contributed by atoms with Crippen molar-refractivity contribution in [3.05, 3.63) is 0 Å². The number of nitrogens with zero attached hydrogens (tertiary/aromatic N) is 1. The van der Waals surface area contributed by atoms with Crippen LogP contribution in [0.3, 0.4) is 0 Å². The molecule has 3 heteroatoms. The van der Waals surface area contributed by atoms with E-state index in [1.165, 1.54) is 57.9 Å². The van der Waals surface area contributed by atoms with E-state index < -0.39 is 0 Å². The van der Waals surface area contributed by atoms with Gasteiger partial charge in [0.15, 0.2) is 0 Å². The summed E-state index contributed by atoms with van der Waals surface area (Å²) < 4.78 is 5.56. The van der Waals surface area contributed by atoms with Gasteiger partial charge in [0.25, 0.3) is 0 Å². The van der Waals surface area contributed by atoms with Crippen molar-refractivity contribution in [3.8, 4) is 0 Å². The Bertz CT molecular complexity index is 301. The number of likely N-dealkylation sites (tertiary alicyclic amines) is 1. The van der Waals surface area contributed by atoms with E-state index in [1.807, 2.05) is 7.11 Å². The minimum Gasteiger partial charge on any atom is -0.381 e. The number of piperidine rings is 1. The van der Waals surface area contributed by atoms with E-state index >= 15 is 0 Å². The Balaban J connectivity index is 1.67. The van der Waals surface area contributed by atoms with Crippen molar-refractivity contribution in [3.63, 3.8) is 0 Å². The molecule has 3 aliphatic rings. The van der Waals surface area contributed by atoms with Crippen LogP contribution < -0.4 is 5.73 Å². The average molecular weight is 266 g/mol. The van der Waals surface area contributed by atoms with E-state index in [4.69, 9.17) is 10.5 Å². The minimum atomic E-state index is 0.437. The minimum absolute atomic E-state index is 0.437. The normalized spacial score (nSPS) is 39.2. The van der Waals surface area contributed by atoms with Crippen LogP contribution in [0.1, 0.15) is 57.8 Å². The van der Waals surface area contributed by atoms with Crippen LogP contribution in [0.4, 0.5) is 0 Å². The summed E-state index contributed by atoms with van der Waals surface area (Å²) in [5.74, 6) is 0. The summed E-state index contributed by atoms with van der Waals surface area (Å²) in [5.41, 5.74) is 6.72. The van der Waals surface area contributed by atoms with Crippen molar-refractivity contribution >= 4 is 0 Å². The van der Waals surface area contributed by atoms with Gasteiger partial charge in [-0.25, -0.2) is 0 Å². The molecule has 1 aliphatic heterocycles. The molecule has 3 fully saturated rings. The van der Waals surface area contributed by atoms with Gasteiger partial charge in [0.05, 0.1) is 6.10 Å². The van der Waals surface area contributed by atoms with Crippen molar-refractivity contribution in [2.45, 2.75) is 76.0 Å². The topological polar surface area (TPSA) is 38.5 Å². The lowest BCUT2D eigenvalue weighted by Crippen LogP contribution is -2.62. The predicted molar refractivity (Wildman–Crippen MR) is 78.1 cm³/mol. The van der Waals surface area contributed by atoms with Gasteiger partial charge in [-0.2, -0.15) is 0 Å². The fourth-order valence-electron chi connectivity index (χ4n) is 4.93. The molecule has 2 aliphatic carbocycles. The maximum Gasteiger partial charge on any atom is 0.0599 e. The van der Waals surface area contributed by atoms with Crippen molar-refractivity contribution in [2.75, 3.05) is 20.2 Å². The van der Waals surface area contributed by atoms with Gasteiger partial charge >= 0.3 is 0 Å². The second kappa shape index (κ2) is 5.71. The number of methoxy groups -OCH3 is 1. The Morgan fingerprint density at radius 3 is 2.53 bits per heavy atom. The van der Waals surface area contributed by atoms with E-state index in [2.05, 4.69) is 4.90 Å². The Labute approximate surface area is 117 Å². The predicted octanol–water partition coefficient (Wildman–Crippen LogP) is 2.54. The average Bonchev–Trinajstić information content (AvgIpc) is 2.47. The first-order valence-electron chi connectivity index (χ1n) is 8.28. The van der Waals surface area contributed by atoms with Crippen molar-refractivity contribution in [1.82, 2.24) is 4.90 Å². The first-order valence-corrected chi connectivity index (χ1v) is 8.28. The summed E-state index contributed by atoms with van der Waals surface area (Å²) in [6.45, 7) is 2.00. The summed E-state index contributed by atoms with van der Waals surface area (Å²) in [6, 6.07) is 1.39. The molecule has 2 N–H and O–H groups in total. The lowest BCUT2D eigenvalue weighted by atomic mass is 9.56. The smallest absolute Gasteiger partial charge is 0.0599 e. The zero-order valence-corrected chi connectivity index (χ0v) is 12.4. The fourth-order valence-corrected chi connectivity index (χ4v) is 4.93. The second-order valence-corrected chi connectivity index (χ2v) is 6.99. The standard InChI is InChI=1S/C16H30N2O/c1-19-14-6-10-18(13(11-14)12-17)15-5-9-16(15)7-3-2-4-8-16/h13-15H,2-12,17H2,1H3. The van der Waals surface area contributed by atoms with Gasteiger partial charge in [0, 0.05) is 32.3 Å². The quantitative estimate of drug-likeness (QED) is 0.853. The van der Waals surface area contributed by atoms with Crippen LogP contribution in [-0.4, -0.2) is 43.3 Å². The van der Waals surface area contributed by atoms with Gasteiger partial charge in [-0.3, -0.25) is 4.90 Å². The number of nitrogens with two attached hydrogens (primary N) is 1. The molecule has 0 radical (unpaired) electrons. The molecule has 3 atom stereocenters. The van der Waals surface area contributed by atoms with E-state index in [1.54, 1.807) is 0 Å². The molecule has 3 rings (SSSR count). The third-order valence-corrected chi connectivity index (χ3v) is 6.19. The SMILES string of the molecule is COC1CCN(C2CCC23CCCCC3)C(CN)C1. The van der Waals surface area contributed by atoms with E-state index in [9.17, 15) is 0 Å². The Hall–Kier alpha value is -0.120. The highest BCUT2D eigenvalue weighted by molar-refractivity contribution is 5.05. The van der Waals surface area contributed by atoms with Gasteiger partial charge in [0.2, 0.25) is 0 Å². The molecule has 2 saturated carbocycles. The lowest BCUT2D eigenvalue weighted by molar-refractivity contribution is -0.0978. The molecular weight excluding hydrogens is 236 g/mol. The molecule has 0 aromatic heterocycles. The summed E-state index contributed by atoms with van der Waals surface area (Å²) >= 11 is 0. The van der Waals surface area contributed by atoms with E-state index in [-0.39, 0.29) is 0 Å². The van der Waals surface area contributed by atoms with Gasteiger partial charge in [-0.15, -0.1) is 0 Å². The van der Waals surface area contributed by atoms with Gasteiger partial charge in [-0.1, -0.05) is 19.3 Å². The van der Waals surface area contributed by atoms with Crippen molar-refractivity contribution < 1.29 is 4.74 Å². The van der Waals surface area contributed by atoms with Crippen LogP contribution in [0.15, 0.2) is 0 Å². The van der Waals surface area contributed by atoms with Crippen LogP contribution in [0.5, 0.6) is 0 Å². The van der Waals surface area contributed by atoms with Crippen LogP contribution in [0.2, 0.25) is 0 Å². The Morgan fingerprint density at radius 1 is 1.16 bits per heavy atom. The van der Waals surface area contributed by atoms with Crippen LogP contribution in [0.25, 0.3) is 0 Å². The molecule has 3 nitrogen and oxygen atoms in total. The van der Waals surface area contributed by atoms with Gasteiger partial charge in [-0.05, 0) is 43.9 Å². The van der Waals surface area contributed by atoms with Crippen molar-refractivity contribution in [1.29, 1.82) is 0 Å². The second-order valence-electron chi connectivity index (χ2n) is 6.99. The number of hydrogen-bond acceptors (Lipinski definition) is 3. The van der Waals surface area contributed by atoms with Gasteiger partial charge < -0.3 is 10.5 Å². The Morgan fingerprint density at radius 2 is 1.95 bits per heavy atom.